The summed E-state index contributed by atoms with van der Waals surface area (Å²) in [5.41, 5.74) is 8.13. The van der Waals surface area contributed by atoms with Gasteiger partial charge in [-0.25, -0.2) is 4.79 Å². The van der Waals surface area contributed by atoms with E-state index in [0.29, 0.717) is 17.7 Å². The van der Waals surface area contributed by atoms with Crippen molar-refractivity contribution in [1.82, 2.24) is 5.32 Å². The molecule has 4 aromatic carbocycles. The molecule has 0 aromatic heterocycles. The monoisotopic (exact) mass is 531 g/mol. The Kier molecular flexibility index (Phi) is 11.5. The molecule has 6 heteroatoms. The van der Waals surface area contributed by atoms with Crippen molar-refractivity contribution in [2.45, 2.75) is 32.2 Å². The number of hydrogen-bond acceptors (Lipinski definition) is 3. The number of thioether (sulfide) groups is 1. The molecular formula is C33H34LiNO3S. The van der Waals surface area contributed by atoms with Crippen LogP contribution in [0.15, 0.2) is 97.1 Å². The maximum atomic E-state index is 13.3. The van der Waals surface area contributed by atoms with E-state index in [0.717, 1.165) is 35.1 Å². The number of aryl methyl sites for hydroxylation is 3. The molecule has 0 bridgehead atoms. The van der Waals surface area contributed by atoms with E-state index >= 15 is 0 Å². The van der Waals surface area contributed by atoms with Gasteiger partial charge in [-0.15, -0.1) is 0 Å². The fourth-order valence-corrected chi connectivity index (χ4v) is 5.07. The summed E-state index contributed by atoms with van der Waals surface area (Å²) in [6, 6.07) is 31.9. The standard InChI is InChI=1S/C33H33NO3S.Li.H/c1-23-9-6-7-14-28(23)30-22-25(17-18-29(30)32(35)34-31(33(36)37)19-20-38-2)16-15-24-10-8-13-27(21-24)26-11-4-3-5-12-26;;/h3-14,17-18,21-22,31H,15-16,19-20H2,1-2H3,(H,34,35)(H,36,37);;. The Hall–Kier alpha value is -3.23. The van der Waals surface area contributed by atoms with Gasteiger partial charge < -0.3 is 10.4 Å². The van der Waals surface area contributed by atoms with E-state index in [4.69, 9.17) is 0 Å². The van der Waals surface area contributed by atoms with Crippen LogP contribution in [0.4, 0.5) is 0 Å². The Morgan fingerprint density at radius 1 is 0.795 bits per heavy atom. The summed E-state index contributed by atoms with van der Waals surface area (Å²) in [4.78, 5) is 25.1. The number of amides is 1. The van der Waals surface area contributed by atoms with Crippen molar-refractivity contribution in [2.75, 3.05) is 12.0 Å². The van der Waals surface area contributed by atoms with Crippen molar-refractivity contribution in [2.24, 2.45) is 0 Å². The van der Waals surface area contributed by atoms with Crippen LogP contribution in [0, 0.1) is 6.92 Å². The van der Waals surface area contributed by atoms with E-state index in [9.17, 15) is 14.7 Å². The zero-order chi connectivity index (χ0) is 26.9. The first-order valence-electron chi connectivity index (χ1n) is 12.8. The van der Waals surface area contributed by atoms with E-state index in [1.807, 2.05) is 67.8 Å². The van der Waals surface area contributed by atoms with Crippen LogP contribution < -0.4 is 5.32 Å². The number of carbonyl (C=O) groups excluding carboxylic acids is 1. The molecule has 0 aliphatic carbocycles. The van der Waals surface area contributed by atoms with E-state index in [-0.39, 0.29) is 24.8 Å². The van der Waals surface area contributed by atoms with Gasteiger partial charge in [-0.3, -0.25) is 4.79 Å². The summed E-state index contributed by atoms with van der Waals surface area (Å²) in [5.74, 6) is -0.718. The van der Waals surface area contributed by atoms with Gasteiger partial charge in [-0.1, -0.05) is 91.0 Å². The number of benzene rings is 4. The molecule has 0 aliphatic heterocycles. The molecule has 0 aliphatic rings. The SMILES string of the molecule is CSCCC(NC(=O)c1ccc(CCc2cccc(-c3ccccc3)c2)cc1-c1ccccc1C)C(=O)O.[LiH]. The number of carboxylic acids is 1. The van der Waals surface area contributed by atoms with Crippen LogP contribution in [-0.2, 0) is 17.6 Å². The molecule has 4 rings (SSSR count). The Morgan fingerprint density at radius 3 is 2.15 bits per heavy atom. The minimum atomic E-state index is -1.01. The van der Waals surface area contributed by atoms with Crippen molar-refractivity contribution in [3.8, 4) is 22.3 Å². The number of carboxylic acid groups (broad SMARTS) is 1. The average molecular weight is 532 g/mol. The Bertz CT molecular complexity index is 1410. The molecule has 0 spiro atoms. The zero-order valence-electron chi connectivity index (χ0n) is 21.8. The van der Waals surface area contributed by atoms with Crippen LogP contribution in [0.3, 0.4) is 0 Å². The first kappa shape index (κ1) is 30.3. The summed E-state index contributed by atoms with van der Waals surface area (Å²) >= 11 is 1.56. The molecule has 0 saturated heterocycles. The summed E-state index contributed by atoms with van der Waals surface area (Å²) in [6.07, 6.45) is 4.00. The van der Waals surface area contributed by atoms with Gasteiger partial charge >= 0.3 is 24.8 Å². The van der Waals surface area contributed by atoms with Gasteiger partial charge in [0, 0.05) is 5.56 Å². The van der Waals surface area contributed by atoms with Gasteiger partial charge in [0.05, 0.1) is 0 Å². The summed E-state index contributed by atoms with van der Waals surface area (Å²) < 4.78 is 0. The van der Waals surface area contributed by atoms with Crippen LogP contribution >= 0.6 is 11.8 Å². The maximum absolute atomic E-state index is 13.3. The number of nitrogens with one attached hydrogen (secondary N) is 1. The molecular weight excluding hydrogens is 497 g/mol. The molecule has 0 radical (unpaired) electrons. The topological polar surface area (TPSA) is 66.4 Å². The summed E-state index contributed by atoms with van der Waals surface area (Å²) in [7, 11) is 0. The van der Waals surface area contributed by atoms with E-state index in [1.165, 1.54) is 16.7 Å². The van der Waals surface area contributed by atoms with Crippen molar-refractivity contribution < 1.29 is 14.7 Å². The van der Waals surface area contributed by atoms with E-state index in [2.05, 4.69) is 47.8 Å². The molecule has 196 valence electrons. The van der Waals surface area contributed by atoms with Crippen molar-refractivity contribution in [3.63, 3.8) is 0 Å². The summed E-state index contributed by atoms with van der Waals surface area (Å²) in [5, 5.41) is 12.4. The fourth-order valence-electron chi connectivity index (χ4n) is 4.60. The average Bonchev–Trinajstić information content (AvgIpc) is 2.94. The van der Waals surface area contributed by atoms with Gasteiger partial charge in [0.15, 0.2) is 0 Å². The fraction of sp³-hybridized carbons (Fsp3) is 0.212. The van der Waals surface area contributed by atoms with Crippen LogP contribution in [0.25, 0.3) is 22.3 Å². The van der Waals surface area contributed by atoms with Crippen LogP contribution in [-0.4, -0.2) is 53.9 Å². The molecule has 0 saturated carbocycles. The Morgan fingerprint density at radius 2 is 1.46 bits per heavy atom. The second kappa shape index (κ2) is 14.8. The van der Waals surface area contributed by atoms with Gasteiger partial charge in [-0.2, -0.15) is 11.8 Å². The second-order valence-corrected chi connectivity index (χ2v) is 10.4. The Labute approximate surface area is 247 Å². The van der Waals surface area contributed by atoms with E-state index in [1.54, 1.807) is 11.8 Å². The zero-order valence-corrected chi connectivity index (χ0v) is 22.6. The minimum absolute atomic E-state index is 0. The third kappa shape index (κ3) is 8.13. The Balaban J connectivity index is 0.00000420. The molecule has 2 N–H and O–H groups in total. The van der Waals surface area contributed by atoms with Gasteiger partial charge in [0.25, 0.3) is 5.91 Å². The molecule has 1 amide bonds. The van der Waals surface area contributed by atoms with E-state index < -0.39 is 12.0 Å². The van der Waals surface area contributed by atoms with Crippen LogP contribution in [0.5, 0.6) is 0 Å². The quantitative estimate of drug-likeness (QED) is 0.220. The normalized spacial score (nSPS) is 11.3. The first-order chi connectivity index (χ1) is 18.5. The number of hydrogen-bond donors (Lipinski definition) is 2. The predicted molar refractivity (Wildman–Crippen MR) is 165 cm³/mol. The van der Waals surface area contributed by atoms with Crippen molar-refractivity contribution in [1.29, 1.82) is 0 Å². The second-order valence-electron chi connectivity index (χ2n) is 9.41. The molecule has 39 heavy (non-hydrogen) atoms. The summed E-state index contributed by atoms with van der Waals surface area (Å²) in [6.45, 7) is 2.03. The van der Waals surface area contributed by atoms with Crippen molar-refractivity contribution >= 4 is 42.5 Å². The molecule has 1 atom stereocenters. The molecule has 4 nitrogen and oxygen atoms in total. The van der Waals surface area contributed by atoms with Crippen LogP contribution in [0.2, 0.25) is 0 Å². The molecule has 0 fully saturated rings. The van der Waals surface area contributed by atoms with Gasteiger partial charge in [0.1, 0.15) is 6.04 Å². The molecule has 4 aromatic rings. The number of carbonyl (C=O) groups is 2. The van der Waals surface area contributed by atoms with Gasteiger partial charge in [-0.05, 0) is 83.2 Å². The third-order valence-electron chi connectivity index (χ3n) is 6.71. The molecule has 0 heterocycles. The predicted octanol–water partition coefficient (Wildman–Crippen LogP) is 6.40. The first-order valence-corrected chi connectivity index (χ1v) is 14.2. The van der Waals surface area contributed by atoms with Gasteiger partial charge in [0.2, 0.25) is 0 Å². The molecule has 1 unspecified atom stereocenters. The number of rotatable bonds is 11. The number of aliphatic carboxylic acids is 1. The van der Waals surface area contributed by atoms with Crippen molar-refractivity contribution in [3.05, 3.63) is 119 Å². The van der Waals surface area contributed by atoms with Crippen LogP contribution in [0.1, 0.15) is 33.5 Å². The third-order valence-corrected chi connectivity index (χ3v) is 7.36.